The first kappa shape index (κ1) is 8.62. The SMILES string of the molecule is COc1cc(-c2cocn2)ccc1N. The maximum Gasteiger partial charge on any atom is 0.181 e. The molecule has 4 nitrogen and oxygen atoms in total. The van der Waals surface area contributed by atoms with E-state index >= 15 is 0 Å². The fraction of sp³-hybridized carbons (Fsp3) is 0.100. The third kappa shape index (κ3) is 1.42. The minimum atomic E-state index is 0.611. The normalized spacial score (nSPS) is 10.1. The van der Waals surface area contributed by atoms with Gasteiger partial charge in [0.1, 0.15) is 17.7 Å². The summed E-state index contributed by atoms with van der Waals surface area (Å²) < 4.78 is 9.99. The minimum absolute atomic E-state index is 0.611. The second-order valence-corrected chi connectivity index (χ2v) is 2.83. The molecule has 1 aromatic carbocycles. The molecule has 2 rings (SSSR count). The van der Waals surface area contributed by atoms with Gasteiger partial charge in [-0.25, -0.2) is 4.98 Å². The van der Waals surface area contributed by atoms with Crippen LogP contribution < -0.4 is 10.5 Å². The van der Waals surface area contributed by atoms with Crippen LogP contribution in [0.5, 0.6) is 5.75 Å². The van der Waals surface area contributed by atoms with Crippen molar-refractivity contribution in [1.82, 2.24) is 4.98 Å². The average molecular weight is 190 g/mol. The molecule has 0 aliphatic rings. The summed E-state index contributed by atoms with van der Waals surface area (Å²) in [7, 11) is 1.58. The molecule has 1 heterocycles. The number of hydrogen-bond donors (Lipinski definition) is 1. The summed E-state index contributed by atoms with van der Waals surface area (Å²) in [5.41, 5.74) is 7.98. The van der Waals surface area contributed by atoms with Gasteiger partial charge < -0.3 is 14.9 Å². The van der Waals surface area contributed by atoms with Crippen LogP contribution in [0.3, 0.4) is 0 Å². The molecule has 2 aromatic rings. The first-order valence-corrected chi connectivity index (χ1v) is 4.13. The number of aromatic nitrogens is 1. The molecule has 14 heavy (non-hydrogen) atoms. The summed E-state index contributed by atoms with van der Waals surface area (Å²) in [6.07, 6.45) is 2.96. The van der Waals surface area contributed by atoms with Crippen LogP contribution in [0.15, 0.2) is 35.3 Å². The van der Waals surface area contributed by atoms with Crippen LogP contribution in [-0.2, 0) is 0 Å². The molecule has 0 bridgehead atoms. The number of nitrogen functional groups attached to an aromatic ring is 1. The summed E-state index contributed by atoms with van der Waals surface area (Å²) in [6, 6.07) is 5.48. The van der Waals surface area contributed by atoms with E-state index in [9.17, 15) is 0 Å². The summed E-state index contributed by atoms with van der Waals surface area (Å²) in [5, 5.41) is 0. The van der Waals surface area contributed by atoms with E-state index in [2.05, 4.69) is 4.98 Å². The molecule has 2 N–H and O–H groups in total. The fourth-order valence-electron chi connectivity index (χ4n) is 1.23. The van der Waals surface area contributed by atoms with Crippen molar-refractivity contribution < 1.29 is 9.15 Å². The molecular formula is C10H10N2O2. The van der Waals surface area contributed by atoms with Crippen molar-refractivity contribution in [3.05, 3.63) is 30.9 Å². The molecule has 0 fully saturated rings. The van der Waals surface area contributed by atoms with E-state index in [1.54, 1.807) is 19.4 Å². The van der Waals surface area contributed by atoms with Gasteiger partial charge in [0.25, 0.3) is 0 Å². The lowest BCUT2D eigenvalue weighted by Crippen LogP contribution is -1.92. The van der Waals surface area contributed by atoms with Gasteiger partial charge in [-0.15, -0.1) is 0 Å². The number of oxazole rings is 1. The van der Waals surface area contributed by atoms with Crippen molar-refractivity contribution in [2.75, 3.05) is 12.8 Å². The van der Waals surface area contributed by atoms with Crippen LogP contribution >= 0.6 is 0 Å². The quantitative estimate of drug-likeness (QED) is 0.735. The van der Waals surface area contributed by atoms with Gasteiger partial charge in [0.15, 0.2) is 6.39 Å². The maximum atomic E-state index is 5.68. The highest BCUT2D eigenvalue weighted by Crippen LogP contribution is 2.27. The number of methoxy groups -OCH3 is 1. The van der Waals surface area contributed by atoms with E-state index in [1.807, 2.05) is 12.1 Å². The largest absolute Gasteiger partial charge is 0.495 e. The van der Waals surface area contributed by atoms with Crippen molar-refractivity contribution in [3.8, 4) is 17.0 Å². The van der Waals surface area contributed by atoms with Crippen molar-refractivity contribution in [1.29, 1.82) is 0 Å². The molecule has 0 aliphatic heterocycles. The van der Waals surface area contributed by atoms with Crippen LogP contribution in [0.1, 0.15) is 0 Å². The van der Waals surface area contributed by atoms with E-state index in [4.69, 9.17) is 14.9 Å². The van der Waals surface area contributed by atoms with Crippen LogP contribution in [0.4, 0.5) is 5.69 Å². The van der Waals surface area contributed by atoms with E-state index < -0.39 is 0 Å². The molecule has 0 saturated heterocycles. The maximum absolute atomic E-state index is 5.68. The number of nitrogens with two attached hydrogens (primary N) is 1. The molecule has 72 valence electrons. The second-order valence-electron chi connectivity index (χ2n) is 2.83. The standard InChI is InChI=1S/C10H10N2O2/c1-13-10-4-7(2-3-8(10)11)9-5-14-6-12-9/h2-6H,11H2,1H3. The predicted molar refractivity (Wildman–Crippen MR) is 52.9 cm³/mol. The van der Waals surface area contributed by atoms with Gasteiger partial charge >= 0.3 is 0 Å². The van der Waals surface area contributed by atoms with Gasteiger partial charge in [-0.2, -0.15) is 0 Å². The molecule has 0 spiro atoms. The Balaban J connectivity index is 2.46. The first-order chi connectivity index (χ1) is 6.81. The zero-order chi connectivity index (χ0) is 9.97. The minimum Gasteiger partial charge on any atom is -0.495 e. The zero-order valence-corrected chi connectivity index (χ0v) is 7.73. The number of ether oxygens (including phenoxy) is 1. The van der Waals surface area contributed by atoms with Gasteiger partial charge in [0.2, 0.25) is 0 Å². The van der Waals surface area contributed by atoms with E-state index in [1.165, 1.54) is 6.39 Å². The van der Waals surface area contributed by atoms with Crippen LogP contribution in [0.2, 0.25) is 0 Å². The Hall–Kier alpha value is -1.97. The molecule has 4 heteroatoms. The Morgan fingerprint density at radius 1 is 1.43 bits per heavy atom. The Labute approximate surface area is 81.3 Å². The molecule has 0 amide bonds. The van der Waals surface area contributed by atoms with Crippen molar-refractivity contribution >= 4 is 5.69 Å². The molecule has 0 aliphatic carbocycles. The molecular weight excluding hydrogens is 180 g/mol. The number of rotatable bonds is 2. The summed E-state index contributed by atoms with van der Waals surface area (Å²) >= 11 is 0. The summed E-state index contributed by atoms with van der Waals surface area (Å²) in [4.78, 5) is 4.03. The Morgan fingerprint density at radius 3 is 2.93 bits per heavy atom. The van der Waals surface area contributed by atoms with Gasteiger partial charge in [0.05, 0.1) is 12.8 Å². The lowest BCUT2D eigenvalue weighted by atomic mass is 10.1. The number of nitrogens with zero attached hydrogens (tertiary/aromatic N) is 1. The summed E-state index contributed by atoms with van der Waals surface area (Å²) in [6.45, 7) is 0. The molecule has 0 saturated carbocycles. The van der Waals surface area contributed by atoms with Gasteiger partial charge in [-0.3, -0.25) is 0 Å². The molecule has 0 unspecified atom stereocenters. The third-order valence-corrected chi connectivity index (χ3v) is 1.96. The predicted octanol–water partition coefficient (Wildman–Crippen LogP) is 1.93. The topological polar surface area (TPSA) is 61.3 Å². The number of benzene rings is 1. The molecule has 0 atom stereocenters. The second kappa shape index (κ2) is 3.41. The number of hydrogen-bond acceptors (Lipinski definition) is 4. The van der Waals surface area contributed by atoms with E-state index in [-0.39, 0.29) is 0 Å². The van der Waals surface area contributed by atoms with E-state index in [0.717, 1.165) is 11.3 Å². The van der Waals surface area contributed by atoms with Crippen LogP contribution in [0, 0.1) is 0 Å². The van der Waals surface area contributed by atoms with Gasteiger partial charge in [-0.05, 0) is 12.1 Å². The lowest BCUT2D eigenvalue weighted by Gasteiger charge is -2.05. The van der Waals surface area contributed by atoms with Crippen LogP contribution in [0.25, 0.3) is 11.3 Å². The van der Waals surface area contributed by atoms with Crippen molar-refractivity contribution in [3.63, 3.8) is 0 Å². The average Bonchev–Trinajstić information content (AvgIpc) is 2.71. The van der Waals surface area contributed by atoms with Crippen molar-refractivity contribution in [2.45, 2.75) is 0 Å². The van der Waals surface area contributed by atoms with Crippen LogP contribution in [-0.4, -0.2) is 12.1 Å². The van der Waals surface area contributed by atoms with Gasteiger partial charge in [0, 0.05) is 5.56 Å². The van der Waals surface area contributed by atoms with Crippen molar-refractivity contribution in [2.24, 2.45) is 0 Å². The smallest absolute Gasteiger partial charge is 0.181 e. The Kier molecular flexibility index (Phi) is 2.10. The highest BCUT2D eigenvalue weighted by Gasteiger charge is 2.04. The van der Waals surface area contributed by atoms with E-state index in [0.29, 0.717) is 11.4 Å². The third-order valence-electron chi connectivity index (χ3n) is 1.96. The zero-order valence-electron chi connectivity index (χ0n) is 7.73. The molecule has 0 radical (unpaired) electrons. The lowest BCUT2D eigenvalue weighted by molar-refractivity contribution is 0.417. The highest BCUT2D eigenvalue weighted by atomic mass is 16.5. The summed E-state index contributed by atoms with van der Waals surface area (Å²) in [5.74, 6) is 0.644. The van der Waals surface area contributed by atoms with Gasteiger partial charge in [-0.1, -0.05) is 6.07 Å². The molecule has 1 aromatic heterocycles. The number of anilines is 1. The fourth-order valence-corrected chi connectivity index (χ4v) is 1.23. The first-order valence-electron chi connectivity index (χ1n) is 4.13. The monoisotopic (exact) mass is 190 g/mol. The Bertz CT molecular complexity index is 424. The highest BCUT2D eigenvalue weighted by molar-refractivity contribution is 5.66. The Morgan fingerprint density at radius 2 is 2.29 bits per heavy atom.